The Kier molecular flexibility index (Phi) is 3.04. The maximum Gasteiger partial charge on any atom is 0.191 e. The van der Waals surface area contributed by atoms with Gasteiger partial charge in [0.1, 0.15) is 6.33 Å². The maximum absolute atomic E-state index is 4.27. The molecule has 0 saturated carbocycles. The van der Waals surface area contributed by atoms with E-state index in [1.807, 2.05) is 0 Å². The van der Waals surface area contributed by atoms with Crippen LogP contribution >= 0.6 is 11.8 Å². The van der Waals surface area contributed by atoms with Crippen molar-refractivity contribution in [1.29, 1.82) is 0 Å². The van der Waals surface area contributed by atoms with Gasteiger partial charge in [-0.25, -0.2) is 0 Å². The monoisotopic (exact) mass is 293 g/mol. The Labute approximate surface area is 128 Å². The Hall–Kier alpha value is -2.07. The van der Waals surface area contributed by atoms with Gasteiger partial charge in [-0.05, 0) is 29.2 Å². The molecular weight excluding hydrogens is 278 g/mol. The summed E-state index contributed by atoms with van der Waals surface area (Å²) in [4.78, 5) is 0. The summed E-state index contributed by atoms with van der Waals surface area (Å²) >= 11 is 1.78. The summed E-state index contributed by atoms with van der Waals surface area (Å²) in [6.45, 7) is 3.01. The molecule has 0 atom stereocenters. The number of fused-ring (bicyclic) bond motifs is 3. The Bertz CT molecular complexity index is 748. The summed E-state index contributed by atoms with van der Waals surface area (Å²) in [7, 11) is 0. The third-order valence-corrected chi connectivity index (χ3v) is 5.19. The summed E-state index contributed by atoms with van der Waals surface area (Å²) < 4.78 is 2.09. The Morgan fingerprint density at radius 2 is 1.62 bits per heavy atom. The van der Waals surface area contributed by atoms with Crippen molar-refractivity contribution in [2.45, 2.75) is 23.9 Å². The minimum atomic E-state index is 0.298. The molecule has 0 radical (unpaired) electrons. The smallest absolute Gasteiger partial charge is 0.191 e. The van der Waals surface area contributed by atoms with Crippen molar-refractivity contribution in [3.05, 3.63) is 66.0 Å². The first kappa shape index (κ1) is 12.7. The van der Waals surface area contributed by atoms with Gasteiger partial charge in [-0.15, -0.1) is 10.2 Å². The highest BCUT2D eigenvalue weighted by atomic mass is 32.2. The van der Waals surface area contributed by atoms with Crippen LogP contribution in [-0.2, 0) is 6.54 Å². The highest BCUT2D eigenvalue weighted by Crippen LogP contribution is 2.51. The molecule has 0 fully saturated rings. The fourth-order valence-electron chi connectivity index (χ4n) is 2.89. The Balaban J connectivity index is 1.82. The Morgan fingerprint density at radius 3 is 2.24 bits per heavy atom. The minimum absolute atomic E-state index is 0.298. The predicted octanol–water partition coefficient (Wildman–Crippen LogP) is 4.16. The zero-order valence-electron chi connectivity index (χ0n) is 11.7. The van der Waals surface area contributed by atoms with Crippen LogP contribution in [0, 0.1) is 0 Å². The third kappa shape index (κ3) is 1.98. The molecule has 4 rings (SSSR count). The van der Waals surface area contributed by atoms with Gasteiger partial charge in [0.2, 0.25) is 0 Å². The van der Waals surface area contributed by atoms with Crippen molar-refractivity contribution in [1.82, 2.24) is 14.8 Å². The van der Waals surface area contributed by atoms with Crippen LogP contribution in [0.1, 0.15) is 23.3 Å². The van der Waals surface area contributed by atoms with Crippen molar-refractivity contribution in [3.63, 3.8) is 0 Å². The van der Waals surface area contributed by atoms with E-state index in [4.69, 9.17) is 0 Å². The van der Waals surface area contributed by atoms with Crippen LogP contribution < -0.4 is 0 Å². The summed E-state index contributed by atoms with van der Waals surface area (Å²) in [5.74, 6) is 0. The van der Waals surface area contributed by atoms with E-state index in [-0.39, 0.29) is 0 Å². The number of hydrogen-bond donors (Lipinski definition) is 0. The molecule has 21 heavy (non-hydrogen) atoms. The largest absolute Gasteiger partial charge is 0.309 e. The first-order valence-corrected chi connectivity index (χ1v) is 7.99. The second-order valence-electron chi connectivity index (χ2n) is 5.07. The highest BCUT2D eigenvalue weighted by Gasteiger charge is 2.29. The van der Waals surface area contributed by atoms with Crippen LogP contribution in [0.3, 0.4) is 0 Å². The number of rotatable bonds is 3. The molecule has 1 aliphatic carbocycles. The second-order valence-corrected chi connectivity index (χ2v) is 6.14. The molecule has 0 N–H and O–H groups in total. The molecule has 0 unspecified atom stereocenters. The number of nitrogens with zero attached hydrogens (tertiary/aromatic N) is 3. The SMILES string of the molecule is CCn1cnnc1SC1c2ccccc2-c2ccccc21. The van der Waals surface area contributed by atoms with Crippen molar-refractivity contribution >= 4 is 11.8 Å². The minimum Gasteiger partial charge on any atom is -0.309 e. The van der Waals surface area contributed by atoms with Crippen LogP contribution in [-0.4, -0.2) is 14.8 Å². The van der Waals surface area contributed by atoms with Crippen LogP contribution in [0.4, 0.5) is 0 Å². The average molecular weight is 293 g/mol. The standard InChI is InChI=1S/C17H15N3S/c1-2-20-11-18-19-17(20)21-16-14-9-5-3-7-12(14)13-8-4-6-10-15(13)16/h3-11,16H,2H2,1H3. The first-order chi connectivity index (χ1) is 10.4. The normalized spacial score (nSPS) is 13.2. The van der Waals surface area contributed by atoms with Crippen LogP contribution in [0.5, 0.6) is 0 Å². The van der Waals surface area contributed by atoms with E-state index in [0.717, 1.165) is 11.7 Å². The van der Waals surface area contributed by atoms with Crippen molar-refractivity contribution in [2.75, 3.05) is 0 Å². The molecule has 1 aromatic heterocycles. The van der Waals surface area contributed by atoms with Gasteiger partial charge in [0.25, 0.3) is 0 Å². The lowest BCUT2D eigenvalue weighted by molar-refractivity contribution is 0.680. The second kappa shape index (κ2) is 5.04. The van der Waals surface area contributed by atoms with Gasteiger partial charge in [-0.3, -0.25) is 0 Å². The lowest BCUT2D eigenvalue weighted by Gasteiger charge is -2.12. The van der Waals surface area contributed by atoms with Gasteiger partial charge in [0.05, 0.1) is 5.25 Å². The zero-order chi connectivity index (χ0) is 14.2. The van der Waals surface area contributed by atoms with E-state index in [9.17, 15) is 0 Å². The molecule has 0 spiro atoms. The predicted molar refractivity (Wildman–Crippen MR) is 85.3 cm³/mol. The molecule has 104 valence electrons. The van der Waals surface area contributed by atoms with E-state index in [0.29, 0.717) is 5.25 Å². The van der Waals surface area contributed by atoms with Crippen LogP contribution in [0.15, 0.2) is 60.0 Å². The average Bonchev–Trinajstić information content (AvgIpc) is 3.11. The van der Waals surface area contributed by atoms with Crippen molar-refractivity contribution < 1.29 is 0 Å². The first-order valence-electron chi connectivity index (χ1n) is 7.11. The molecule has 0 amide bonds. The molecule has 1 aliphatic rings. The van der Waals surface area contributed by atoms with E-state index in [2.05, 4.69) is 70.2 Å². The van der Waals surface area contributed by atoms with Gasteiger partial charge in [0.15, 0.2) is 5.16 Å². The van der Waals surface area contributed by atoms with E-state index >= 15 is 0 Å². The summed E-state index contributed by atoms with van der Waals surface area (Å²) in [6, 6.07) is 17.3. The van der Waals surface area contributed by atoms with E-state index in [1.165, 1.54) is 22.3 Å². The number of hydrogen-bond acceptors (Lipinski definition) is 3. The molecule has 0 aliphatic heterocycles. The summed E-state index contributed by atoms with van der Waals surface area (Å²) in [5, 5.41) is 9.59. The highest BCUT2D eigenvalue weighted by molar-refractivity contribution is 7.99. The van der Waals surface area contributed by atoms with Crippen LogP contribution in [0.2, 0.25) is 0 Å². The van der Waals surface area contributed by atoms with Crippen molar-refractivity contribution in [2.24, 2.45) is 0 Å². The number of aryl methyl sites for hydroxylation is 1. The molecule has 3 nitrogen and oxygen atoms in total. The quantitative estimate of drug-likeness (QED) is 0.726. The molecule has 2 aromatic carbocycles. The van der Waals surface area contributed by atoms with E-state index < -0.39 is 0 Å². The Morgan fingerprint density at radius 1 is 1.00 bits per heavy atom. The van der Waals surface area contributed by atoms with Gasteiger partial charge in [-0.2, -0.15) is 0 Å². The number of aromatic nitrogens is 3. The van der Waals surface area contributed by atoms with Gasteiger partial charge in [0, 0.05) is 6.54 Å². The van der Waals surface area contributed by atoms with Gasteiger partial charge < -0.3 is 4.57 Å². The van der Waals surface area contributed by atoms with Gasteiger partial charge in [-0.1, -0.05) is 60.3 Å². The fourth-order valence-corrected chi connectivity index (χ4v) is 4.18. The number of thioether (sulfide) groups is 1. The van der Waals surface area contributed by atoms with Crippen LogP contribution in [0.25, 0.3) is 11.1 Å². The van der Waals surface area contributed by atoms with Crippen molar-refractivity contribution in [3.8, 4) is 11.1 Å². The zero-order valence-corrected chi connectivity index (χ0v) is 12.5. The topological polar surface area (TPSA) is 30.7 Å². The summed E-state index contributed by atoms with van der Waals surface area (Å²) in [6.07, 6.45) is 1.80. The fraction of sp³-hybridized carbons (Fsp3) is 0.176. The lowest BCUT2D eigenvalue weighted by atomic mass is 10.1. The summed E-state index contributed by atoms with van der Waals surface area (Å²) in [5.41, 5.74) is 5.42. The number of benzene rings is 2. The molecule has 1 heterocycles. The maximum atomic E-state index is 4.27. The molecule has 0 bridgehead atoms. The molecule has 4 heteroatoms. The third-order valence-electron chi connectivity index (χ3n) is 3.92. The molecule has 0 saturated heterocycles. The lowest BCUT2D eigenvalue weighted by Crippen LogP contribution is -1.98. The molecule has 3 aromatic rings. The van der Waals surface area contributed by atoms with Gasteiger partial charge >= 0.3 is 0 Å². The van der Waals surface area contributed by atoms with E-state index in [1.54, 1.807) is 18.1 Å². The molecular formula is C17H15N3S.